The van der Waals surface area contributed by atoms with Crippen molar-refractivity contribution in [1.82, 2.24) is 5.32 Å². The molecule has 0 aliphatic heterocycles. The summed E-state index contributed by atoms with van der Waals surface area (Å²) in [6.45, 7) is 1.06. The molecule has 104 valence electrons. The Bertz CT molecular complexity index is 472. The fourth-order valence-corrected chi connectivity index (χ4v) is 2.54. The molecule has 0 bridgehead atoms. The Kier molecular flexibility index (Phi) is 4.32. The fraction of sp³-hybridized carbons (Fsp3) is 0.500. The summed E-state index contributed by atoms with van der Waals surface area (Å²) in [7, 11) is 1.59. The Morgan fingerprint density at radius 1 is 1.53 bits per heavy atom. The summed E-state index contributed by atoms with van der Waals surface area (Å²) in [6, 6.07) is 5.50. The van der Waals surface area contributed by atoms with Gasteiger partial charge in [-0.05, 0) is 30.5 Å². The number of carboxylic acid groups (broad SMARTS) is 1. The summed E-state index contributed by atoms with van der Waals surface area (Å²) in [5.41, 5.74) is 0.376. The molecule has 4 nitrogen and oxygen atoms in total. The Morgan fingerprint density at radius 3 is 2.74 bits per heavy atom. The van der Waals surface area contributed by atoms with Gasteiger partial charge < -0.3 is 15.2 Å². The third-order valence-corrected chi connectivity index (χ3v) is 4.16. The molecule has 2 N–H and O–H groups in total. The zero-order valence-corrected chi connectivity index (χ0v) is 11.7. The van der Waals surface area contributed by atoms with Crippen LogP contribution in [0.25, 0.3) is 0 Å². The number of carboxylic acids is 1. The van der Waals surface area contributed by atoms with Gasteiger partial charge in [0.2, 0.25) is 0 Å². The highest BCUT2D eigenvalue weighted by molar-refractivity contribution is 6.31. The Morgan fingerprint density at radius 2 is 2.26 bits per heavy atom. The van der Waals surface area contributed by atoms with E-state index in [0.29, 0.717) is 18.1 Å². The lowest BCUT2D eigenvalue weighted by Gasteiger charge is -2.37. The number of nitrogens with one attached hydrogen (secondary N) is 1. The van der Waals surface area contributed by atoms with E-state index in [1.165, 1.54) is 0 Å². The molecule has 0 amide bonds. The van der Waals surface area contributed by atoms with E-state index in [2.05, 4.69) is 5.32 Å². The molecule has 19 heavy (non-hydrogen) atoms. The summed E-state index contributed by atoms with van der Waals surface area (Å²) in [4.78, 5) is 11.2. The molecular weight excluding hydrogens is 266 g/mol. The minimum absolute atomic E-state index is 0.491. The molecule has 2 rings (SSSR count). The van der Waals surface area contributed by atoms with Gasteiger partial charge in [0.25, 0.3) is 0 Å². The summed E-state index contributed by atoms with van der Waals surface area (Å²) in [5.74, 6) is 0.0156. The van der Waals surface area contributed by atoms with Gasteiger partial charge in [0.05, 0.1) is 12.5 Å². The minimum Gasteiger partial charge on any atom is -0.497 e. The highest BCUT2D eigenvalue weighted by atomic mass is 35.5. The van der Waals surface area contributed by atoms with Crippen molar-refractivity contribution in [3.05, 3.63) is 28.8 Å². The predicted molar refractivity (Wildman–Crippen MR) is 73.6 cm³/mol. The number of carbonyl (C=O) groups is 1. The van der Waals surface area contributed by atoms with Crippen molar-refractivity contribution in [2.45, 2.75) is 25.8 Å². The second-order valence-corrected chi connectivity index (χ2v) is 5.41. The number of hydrogen-bond acceptors (Lipinski definition) is 3. The van der Waals surface area contributed by atoms with Crippen molar-refractivity contribution in [1.29, 1.82) is 0 Å². The van der Waals surface area contributed by atoms with E-state index in [0.717, 1.165) is 30.6 Å². The first-order valence-corrected chi connectivity index (χ1v) is 6.72. The quantitative estimate of drug-likeness (QED) is 0.843. The molecular formula is C14H18ClNO3. The van der Waals surface area contributed by atoms with Crippen LogP contribution in [0.3, 0.4) is 0 Å². The van der Waals surface area contributed by atoms with Gasteiger partial charge >= 0.3 is 5.97 Å². The van der Waals surface area contributed by atoms with Crippen LogP contribution in [0.4, 0.5) is 0 Å². The van der Waals surface area contributed by atoms with Gasteiger partial charge in [0.1, 0.15) is 5.75 Å². The second-order valence-electron chi connectivity index (χ2n) is 5.00. The first-order valence-electron chi connectivity index (χ1n) is 6.34. The first kappa shape index (κ1) is 14.2. The van der Waals surface area contributed by atoms with Crippen LogP contribution in [0.15, 0.2) is 18.2 Å². The van der Waals surface area contributed by atoms with Crippen LogP contribution in [-0.2, 0) is 11.3 Å². The zero-order chi connectivity index (χ0) is 13.9. The average Bonchev–Trinajstić information content (AvgIpc) is 2.33. The van der Waals surface area contributed by atoms with Crippen LogP contribution in [0, 0.1) is 5.41 Å². The average molecular weight is 284 g/mol. The van der Waals surface area contributed by atoms with Gasteiger partial charge in [-0.1, -0.05) is 24.1 Å². The molecule has 1 aromatic rings. The van der Waals surface area contributed by atoms with Crippen molar-refractivity contribution in [2.24, 2.45) is 5.41 Å². The summed E-state index contributed by atoms with van der Waals surface area (Å²) < 4.78 is 5.08. The lowest BCUT2D eigenvalue weighted by molar-refractivity contribution is -0.154. The standard InChI is InChI=1S/C14H18ClNO3/c1-19-11-4-3-10(12(15)7-11)8-16-9-14(13(17)18)5-2-6-14/h3-4,7,16H,2,5-6,8-9H2,1H3,(H,17,18). The maximum absolute atomic E-state index is 11.2. The lowest BCUT2D eigenvalue weighted by Crippen LogP contribution is -2.46. The monoisotopic (exact) mass is 283 g/mol. The Hall–Kier alpha value is -1.26. The van der Waals surface area contributed by atoms with Gasteiger partial charge in [0, 0.05) is 18.1 Å². The molecule has 5 heteroatoms. The number of halogens is 1. The first-order chi connectivity index (χ1) is 9.07. The lowest BCUT2D eigenvalue weighted by atomic mass is 9.69. The van der Waals surface area contributed by atoms with Crippen molar-refractivity contribution >= 4 is 17.6 Å². The molecule has 0 radical (unpaired) electrons. The van der Waals surface area contributed by atoms with E-state index in [1.54, 1.807) is 13.2 Å². The largest absolute Gasteiger partial charge is 0.497 e. The topological polar surface area (TPSA) is 58.6 Å². The van der Waals surface area contributed by atoms with Crippen molar-refractivity contribution in [3.63, 3.8) is 0 Å². The second kappa shape index (κ2) is 5.80. The number of aliphatic carboxylic acids is 1. The Labute approximate surface area is 117 Å². The van der Waals surface area contributed by atoms with Crippen molar-refractivity contribution in [3.8, 4) is 5.75 Å². The molecule has 0 saturated heterocycles. The molecule has 1 aromatic carbocycles. The van der Waals surface area contributed by atoms with Crippen LogP contribution < -0.4 is 10.1 Å². The van der Waals surface area contributed by atoms with Crippen LogP contribution in [0.2, 0.25) is 5.02 Å². The Balaban J connectivity index is 1.91. The molecule has 0 heterocycles. The van der Waals surface area contributed by atoms with E-state index >= 15 is 0 Å². The van der Waals surface area contributed by atoms with Crippen LogP contribution >= 0.6 is 11.6 Å². The molecule has 0 aromatic heterocycles. The van der Waals surface area contributed by atoms with Gasteiger partial charge in [0.15, 0.2) is 0 Å². The highest BCUT2D eigenvalue weighted by Crippen LogP contribution is 2.40. The molecule has 1 aliphatic carbocycles. The number of rotatable bonds is 6. The number of hydrogen-bond donors (Lipinski definition) is 2. The van der Waals surface area contributed by atoms with Gasteiger partial charge in [-0.15, -0.1) is 0 Å². The van der Waals surface area contributed by atoms with Crippen LogP contribution in [0.1, 0.15) is 24.8 Å². The summed E-state index contributed by atoms with van der Waals surface area (Å²) in [6.07, 6.45) is 2.51. The van der Waals surface area contributed by atoms with Gasteiger partial charge in [-0.3, -0.25) is 4.79 Å². The molecule has 1 aliphatic rings. The van der Waals surface area contributed by atoms with Gasteiger partial charge in [-0.2, -0.15) is 0 Å². The minimum atomic E-state index is -0.702. The van der Waals surface area contributed by atoms with E-state index in [-0.39, 0.29) is 0 Å². The number of ether oxygens (including phenoxy) is 1. The molecule has 0 spiro atoms. The zero-order valence-electron chi connectivity index (χ0n) is 10.9. The van der Waals surface area contributed by atoms with Gasteiger partial charge in [-0.25, -0.2) is 0 Å². The maximum atomic E-state index is 11.2. The summed E-state index contributed by atoms with van der Waals surface area (Å²) in [5, 5.41) is 13.0. The van der Waals surface area contributed by atoms with E-state index in [1.807, 2.05) is 12.1 Å². The smallest absolute Gasteiger partial charge is 0.310 e. The normalized spacial score (nSPS) is 16.7. The van der Waals surface area contributed by atoms with Crippen LogP contribution in [-0.4, -0.2) is 24.7 Å². The van der Waals surface area contributed by atoms with E-state index in [4.69, 9.17) is 16.3 Å². The van der Waals surface area contributed by atoms with E-state index < -0.39 is 11.4 Å². The summed E-state index contributed by atoms with van der Waals surface area (Å²) >= 11 is 6.13. The maximum Gasteiger partial charge on any atom is 0.310 e. The van der Waals surface area contributed by atoms with E-state index in [9.17, 15) is 9.90 Å². The molecule has 1 fully saturated rings. The predicted octanol–water partition coefficient (Wildman–Crippen LogP) is 2.69. The molecule has 1 saturated carbocycles. The molecule has 0 unspecified atom stereocenters. The number of methoxy groups -OCH3 is 1. The number of benzene rings is 1. The fourth-order valence-electron chi connectivity index (χ4n) is 2.30. The van der Waals surface area contributed by atoms with Crippen molar-refractivity contribution < 1.29 is 14.6 Å². The van der Waals surface area contributed by atoms with Crippen LogP contribution in [0.5, 0.6) is 5.75 Å². The SMILES string of the molecule is COc1ccc(CNCC2(C(=O)O)CCC2)c(Cl)c1. The third-order valence-electron chi connectivity index (χ3n) is 3.80. The highest BCUT2D eigenvalue weighted by Gasteiger charge is 2.43. The van der Waals surface area contributed by atoms with Crippen molar-refractivity contribution in [2.75, 3.05) is 13.7 Å². The molecule has 0 atom stereocenters. The third kappa shape index (κ3) is 3.01.